The van der Waals surface area contributed by atoms with Gasteiger partial charge in [-0.15, -0.1) is 35.3 Å². The molecule has 0 bridgehead atoms. The van der Waals surface area contributed by atoms with Crippen LogP contribution < -0.4 is 0 Å². The Labute approximate surface area is 162 Å². The van der Waals surface area contributed by atoms with Gasteiger partial charge < -0.3 is 9.80 Å². The Morgan fingerprint density at radius 2 is 1.87 bits per heavy atom. The summed E-state index contributed by atoms with van der Waals surface area (Å²) in [5.74, 6) is 1.90. The van der Waals surface area contributed by atoms with Gasteiger partial charge in [0.1, 0.15) is 0 Å². The van der Waals surface area contributed by atoms with Gasteiger partial charge in [-0.2, -0.15) is 0 Å². The van der Waals surface area contributed by atoms with Crippen molar-refractivity contribution >= 4 is 41.3 Å². The largest absolute Gasteiger partial charge is 0.349 e. The summed E-state index contributed by atoms with van der Waals surface area (Å²) in [5.41, 5.74) is 0. The minimum Gasteiger partial charge on any atom is -0.349 e. The van der Waals surface area contributed by atoms with Crippen LogP contribution in [0.1, 0.15) is 30.7 Å². The van der Waals surface area contributed by atoms with Crippen molar-refractivity contribution in [3.63, 3.8) is 0 Å². The Bertz CT molecular complexity index is 455. The molecule has 1 fully saturated rings. The van der Waals surface area contributed by atoms with E-state index in [0.29, 0.717) is 6.04 Å². The molecule has 4 nitrogen and oxygen atoms in total. The SMILES string of the molecule is CC1CCN(C(CN=C(N(C)C)N(C)C)c2cccs2)CC1.I. The molecule has 0 aliphatic carbocycles. The highest BCUT2D eigenvalue weighted by atomic mass is 127. The molecule has 0 saturated carbocycles. The van der Waals surface area contributed by atoms with Crippen LogP contribution in [0.4, 0.5) is 0 Å². The second-order valence-electron chi connectivity index (χ2n) is 6.68. The quantitative estimate of drug-likeness (QED) is 0.398. The third-order valence-corrected chi connectivity index (χ3v) is 5.31. The van der Waals surface area contributed by atoms with Crippen LogP contribution in [-0.4, -0.2) is 68.5 Å². The molecule has 1 saturated heterocycles. The van der Waals surface area contributed by atoms with Crippen molar-refractivity contribution in [2.75, 3.05) is 47.8 Å². The number of nitrogens with zero attached hydrogens (tertiary/aromatic N) is 4. The second-order valence-corrected chi connectivity index (χ2v) is 7.66. The van der Waals surface area contributed by atoms with E-state index in [-0.39, 0.29) is 24.0 Å². The molecule has 1 atom stereocenters. The van der Waals surface area contributed by atoms with E-state index >= 15 is 0 Å². The summed E-state index contributed by atoms with van der Waals surface area (Å²) in [7, 11) is 8.23. The van der Waals surface area contributed by atoms with Gasteiger partial charge in [-0.3, -0.25) is 9.89 Å². The van der Waals surface area contributed by atoms with Gasteiger partial charge in [0.2, 0.25) is 0 Å². The van der Waals surface area contributed by atoms with E-state index in [1.807, 2.05) is 11.3 Å². The zero-order valence-electron chi connectivity index (χ0n) is 15.0. The normalized spacial score (nSPS) is 17.3. The first-order valence-electron chi connectivity index (χ1n) is 8.15. The van der Waals surface area contributed by atoms with Crippen molar-refractivity contribution in [1.29, 1.82) is 0 Å². The number of thiophene rings is 1. The summed E-state index contributed by atoms with van der Waals surface area (Å²) in [5, 5.41) is 2.18. The molecule has 2 rings (SSSR count). The zero-order chi connectivity index (χ0) is 16.1. The number of piperidine rings is 1. The summed E-state index contributed by atoms with van der Waals surface area (Å²) in [6.45, 7) is 5.59. The van der Waals surface area contributed by atoms with Crippen molar-refractivity contribution in [2.24, 2.45) is 10.9 Å². The van der Waals surface area contributed by atoms with E-state index in [9.17, 15) is 0 Å². The van der Waals surface area contributed by atoms with Gasteiger partial charge in [-0.25, -0.2) is 0 Å². The molecule has 1 aromatic rings. The maximum Gasteiger partial charge on any atom is 0.195 e. The first-order valence-corrected chi connectivity index (χ1v) is 9.03. The van der Waals surface area contributed by atoms with Gasteiger partial charge in [0.25, 0.3) is 0 Å². The third-order valence-electron chi connectivity index (χ3n) is 4.34. The fourth-order valence-corrected chi connectivity index (χ4v) is 3.91. The Morgan fingerprint density at radius 3 is 2.35 bits per heavy atom. The standard InChI is InChI=1S/C17H30N4S.HI/c1-14-8-10-21(11-9-14)15(16-7-6-12-22-16)13-18-17(19(2)3)20(4)5;/h6-7,12,14-15H,8-11,13H2,1-5H3;1H. The first-order chi connectivity index (χ1) is 10.5. The molecule has 6 heteroatoms. The highest BCUT2D eigenvalue weighted by Crippen LogP contribution is 2.29. The van der Waals surface area contributed by atoms with Gasteiger partial charge in [0.15, 0.2) is 5.96 Å². The minimum absolute atomic E-state index is 0. The molecule has 132 valence electrons. The van der Waals surface area contributed by atoms with Crippen LogP contribution in [0.15, 0.2) is 22.5 Å². The van der Waals surface area contributed by atoms with Crippen molar-refractivity contribution in [3.8, 4) is 0 Å². The van der Waals surface area contributed by atoms with Crippen molar-refractivity contribution < 1.29 is 0 Å². The third kappa shape index (κ3) is 5.90. The van der Waals surface area contributed by atoms with Crippen LogP contribution in [0.3, 0.4) is 0 Å². The van der Waals surface area contributed by atoms with Crippen LogP contribution in [0, 0.1) is 5.92 Å². The van der Waals surface area contributed by atoms with Crippen LogP contribution in [0.2, 0.25) is 0 Å². The summed E-state index contributed by atoms with van der Waals surface area (Å²) in [6, 6.07) is 4.83. The molecular formula is C17H31IN4S. The van der Waals surface area contributed by atoms with E-state index in [4.69, 9.17) is 4.99 Å². The Balaban J connectivity index is 0.00000264. The fourth-order valence-electron chi connectivity index (χ4n) is 3.06. The van der Waals surface area contributed by atoms with Gasteiger partial charge in [-0.05, 0) is 43.3 Å². The summed E-state index contributed by atoms with van der Waals surface area (Å²) in [4.78, 5) is 13.1. The Morgan fingerprint density at radius 1 is 1.26 bits per heavy atom. The lowest BCUT2D eigenvalue weighted by Gasteiger charge is -2.36. The van der Waals surface area contributed by atoms with Gasteiger partial charge >= 0.3 is 0 Å². The maximum absolute atomic E-state index is 4.91. The molecule has 1 aliphatic heterocycles. The van der Waals surface area contributed by atoms with Crippen molar-refractivity contribution in [2.45, 2.75) is 25.8 Å². The number of guanidine groups is 1. The molecule has 2 heterocycles. The topological polar surface area (TPSA) is 22.1 Å². The van der Waals surface area contributed by atoms with Gasteiger partial charge in [0, 0.05) is 33.1 Å². The fraction of sp³-hybridized carbons (Fsp3) is 0.706. The number of aliphatic imine (C=N–C) groups is 1. The van der Waals surface area contributed by atoms with Crippen molar-refractivity contribution in [1.82, 2.24) is 14.7 Å². The van der Waals surface area contributed by atoms with E-state index < -0.39 is 0 Å². The minimum atomic E-state index is 0. The lowest BCUT2D eigenvalue weighted by Crippen LogP contribution is -2.39. The lowest BCUT2D eigenvalue weighted by atomic mass is 9.97. The second kappa shape index (κ2) is 9.84. The van der Waals surface area contributed by atoms with E-state index in [2.05, 4.69) is 67.3 Å². The molecule has 0 radical (unpaired) electrons. The number of rotatable bonds is 4. The van der Waals surface area contributed by atoms with E-state index in [1.54, 1.807) is 0 Å². The Kier molecular flexibility index (Phi) is 8.85. The molecule has 1 unspecified atom stereocenters. The molecular weight excluding hydrogens is 419 g/mol. The van der Waals surface area contributed by atoms with E-state index in [0.717, 1.165) is 18.4 Å². The van der Waals surface area contributed by atoms with Crippen LogP contribution in [0.25, 0.3) is 0 Å². The first kappa shape index (κ1) is 20.7. The monoisotopic (exact) mass is 450 g/mol. The van der Waals surface area contributed by atoms with E-state index in [1.165, 1.54) is 30.8 Å². The summed E-state index contributed by atoms with van der Waals surface area (Å²) >= 11 is 1.86. The lowest BCUT2D eigenvalue weighted by molar-refractivity contribution is 0.143. The zero-order valence-corrected chi connectivity index (χ0v) is 18.2. The predicted octanol–water partition coefficient (Wildman–Crippen LogP) is 3.62. The number of hydrogen-bond acceptors (Lipinski definition) is 3. The highest BCUT2D eigenvalue weighted by molar-refractivity contribution is 14.0. The predicted molar refractivity (Wildman–Crippen MR) is 112 cm³/mol. The van der Waals surface area contributed by atoms with Crippen LogP contribution in [-0.2, 0) is 0 Å². The number of likely N-dealkylation sites (tertiary alicyclic amines) is 1. The Hall–Kier alpha value is -0.340. The number of halogens is 1. The molecule has 1 aliphatic rings. The summed E-state index contributed by atoms with van der Waals surface area (Å²) < 4.78 is 0. The summed E-state index contributed by atoms with van der Waals surface area (Å²) in [6.07, 6.45) is 2.61. The smallest absolute Gasteiger partial charge is 0.195 e. The molecule has 0 aromatic carbocycles. The van der Waals surface area contributed by atoms with Crippen LogP contribution >= 0.6 is 35.3 Å². The highest BCUT2D eigenvalue weighted by Gasteiger charge is 2.25. The number of hydrogen-bond donors (Lipinski definition) is 0. The molecule has 0 N–H and O–H groups in total. The molecule has 0 amide bonds. The molecule has 1 aromatic heterocycles. The molecule has 23 heavy (non-hydrogen) atoms. The van der Waals surface area contributed by atoms with Crippen LogP contribution in [0.5, 0.6) is 0 Å². The van der Waals surface area contributed by atoms with Gasteiger partial charge in [0.05, 0.1) is 12.6 Å². The van der Waals surface area contributed by atoms with Gasteiger partial charge in [-0.1, -0.05) is 13.0 Å². The molecule has 0 spiro atoms. The maximum atomic E-state index is 4.91. The average molecular weight is 450 g/mol. The van der Waals surface area contributed by atoms with Crippen molar-refractivity contribution in [3.05, 3.63) is 22.4 Å². The average Bonchev–Trinajstić information content (AvgIpc) is 2.98.